The van der Waals surface area contributed by atoms with Crippen LogP contribution >= 0.6 is 0 Å². The highest BCUT2D eigenvalue weighted by Gasteiger charge is 2.03. The summed E-state index contributed by atoms with van der Waals surface area (Å²) in [5.74, 6) is 0. The highest BCUT2D eigenvalue weighted by Crippen LogP contribution is 2.14. The first-order valence-electron chi connectivity index (χ1n) is 7.67. The minimum atomic E-state index is 0.493. The van der Waals surface area contributed by atoms with Crippen LogP contribution in [-0.2, 0) is 12.8 Å². The number of rotatable bonds is 7. The third kappa shape index (κ3) is 4.73. The van der Waals surface area contributed by atoms with Gasteiger partial charge in [-0.25, -0.2) is 0 Å². The van der Waals surface area contributed by atoms with Crippen LogP contribution in [0.1, 0.15) is 37.8 Å². The largest absolute Gasteiger partial charge is 0.383 e. The molecule has 0 saturated carbocycles. The second kappa shape index (κ2) is 7.74. The molecule has 0 amide bonds. The Labute approximate surface area is 123 Å². The monoisotopic (exact) mass is 267 g/mol. The van der Waals surface area contributed by atoms with E-state index in [0.29, 0.717) is 6.04 Å². The molecular weight excluding hydrogens is 242 g/mol. The molecule has 1 unspecified atom stereocenters. The maximum atomic E-state index is 3.58. The zero-order chi connectivity index (χ0) is 14.2. The Morgan fingerprint density at radius 3 is 2.15 bits per heavy atom. The van der Waals surface area contributed by atoms with E-state index in [4.69, 9.17) is 0 Å². The number of hydrogen-bond donors (Lipinski definition) is 1. The minimum absolute atomic E-state index is 0.493. The van der Waals surface area contributed by atoms with E-state index in [2.05, 4.69) is 73.8 Å². The first-order chi connectivity index (χ1) is 9.78. The number of hydrogen-bond acceptors (Lipinski definition) is 1. The van der Waals surface area contributed by atoms with Crippen molar-refractivity contribution in [2.24, 2.45) is 0 Å². The van der Waals surface area contributed by atoms with E-state index >= 15 is 0 Å². The molecule has 0 spiro atoms. The first-order valence-corrected chi connectivity index (χ1v) is 7.67. The second-order valence-electron chi connectivity index (χ2n) is 5.52. The van der Waals surface area contributed by atoms with Gasteiger partial charge in [0, 0.05) is 11.7 Å². The van der Waals surface area contributed by atoms with Gasteiger partial charge in [-0.2, -0.15) is 0 Å². The van der Waals surface area contributed by atoms with Crippen LogP contribution in [-0.4, -0.2) is 6.04 Å². The lowest BCUT2D eigenvalue weighted by Crippen LogP contribution is -2.15. The van der Waals surface area contributed by atoms with Crippen molar-refractivity contribution in [1.29, 1.82) is 0 Å². The molecule has 0 aliphatic carbocycles. The maximum Gasteiger partial charge on any atom is 0.0342 e. The highest BCUT2D eigenvalue weighted by atomic mass is 14.9. The van der Waals surface area contributed by atoms with Gasteiger partial charge in [0.25, 0.3) is 0 Å². The summed E-state index contributed by atoms with van der Waals surface area (Å²) in [4.78, 5) is 0. The summed E-state index contributed by atoms with van der Waals surface area (Å²) in [6, 6.07) is 20.0. The maximum absolute atomic E-state index is 3.58. The van der Waals surface area contributed by atoms with Crippen molar-refractivity contribution in [3.63, 3.8) is 0 Å². The van der Waals surface area contributed by atoms with Crippen molar-refractivity contribution in [1.82, 2.24) is 0 Å². The van der Waals surface area contributed by atoms with E-state index in [9.17, 15) is 0 Å². The predicted octanol–water partition coefficient (Wildman–Crippen LogP) is 5.07. The normalized spacial score (nSPS) is 12.1. The Bertz CT molecular complexity index is 487. The van der Waals surface area contributed by atoms with Crippen LogP contribution in [0.4, 0.5) is 5.69 Å². The quantitative estimate of drug-likeness (QED) is 0.738. The van der Waals surface area contributed by atoms with Crippen LogP contribution in [0.2, 0.25) is 0 Å². The molecule has 0 aromatic heterocycles. The van der Waals surface area contributed by atoms with Crippen LogP contribution in [0.15, 0.2) is 54.6 Å². The lowest BCUT2D eigenvalue weighted by atomic mass is 10.1. The zero-order valence-corrected chi connectivity index (χ0v) is 12.6. The van der Waals surface area contributed by atoms with Gasteiger partial charge in [0.15, 0.2) is 0 Å². The molecule has 0 bridgehead atoms. The van der Waals surface area contributed by atoms with Crippen molar-refractivity contribution in [3.8, 4) is 0 Å². The van der Waals surface area contributed by atoms with E-state index in [1.54, 1.807) is 0 Å². The van der Waals surface area contributed by atoms with E-state index in [1.165, 1.54) is 29.7 Å². The molecule has 1 N–H and O–H groups in total. The molecular formula is C19H25N. The van der Waals surface area contributed by atoms with E-state index in [0.717, 1.165) is 12.8 Å². The molecule has 1 nitrogen and oxygen atoms in total. The molecule has 0 aliphatic heterocycles. The average molecular weight is 267 g/mol. The molecule has 1 heteroatoms. The van der Waals surface area contributed by atoms with Gasteiger partial charge in [-0.3, -0.25) is 0 Å². The Kier molecular flexibility index (Phi) is 5.67. The Morgan fingerprint density at radius 2 is 1.50 bits per heavy atom. The topological polar surface area (TPSA) is 12.0 Å². The molecule has 0 saturated heterocycles. The van der Waals surface area contributed by atoms with Crippen LogP contribution in [0.3, 0.4) is 0 Å². The second-order valence-corrected chi connectivity index (χ2v) is 5.52. The van der Waals surface area contributed by atoms with Gasteiger partial charge in [-0.1, -0.05) is 55.8 Å². The van der Waals surface area contributed by atoms with Crippen LogP contribution in [0.5, 0.6) is 0 Å². The van der Waals surface area contributed by atoms with Crippen LogP contribution in [0.25, 0.3) is 0 Å². The molecule has 1 atom stereocenters. The SMILES string of the molecule is CCCc1ccc(NC(C)CCc2ccccc2)cc1. The first kappa shape index (κ1) is 14.6. The number of nitrogens with one attached hydrogen (secondary N) is 1. The summed E-state index contributed by atoms with van der Waals surface area (Å²) >= 11 is 0. The van der Waals surface area contributed by atoms with Crippen molar-refractivity contribution >= 4 is 5.69 Å². The molecule has 2 aromatic rings. The van der Waals surface area contributed by atoms with Crippen LogP contribution in [0, 0.1) is 0 Å². The summed E-state index contributed by atoms with van der Waals surface area (Å²) in [6.45, 7) is 4.47. The van der Waals surface area contributed by atoms with E-state index < -0.39 is 0 Å². The highest BCUT2D eigenvalue weighted by molar-refractivity contribution is 5.45. The fourth-order valence-electron chi connectivity index (χ4n) is 2.44. The predicted molar refractivity (Wildman–Crippen MR) is 88.3 cm³/mol. The Morgan fingerprint density at radius 1 is 0.850 bits per heavy atom. The summed E-state index contributed by atoms with van der Waals surface area (Å²) in [6.07, 6.45) is 4.66. The minimum Gasteiger partial charge on any atom is -0.383 e. The average Bonchev–Trinajstić information content (AvgIpc) is 2.49. The third-order valence-electron chi connectivity index (χ3n) is 3.61. The van der Waals surface area contributed by atoms with Gasteiger partial charge in [-0.15, -0.1) is 0 Å². The van der Waals surface area contributed by atoms with E-state index in [1.807, 2.05) is 0 Å². The molecule has 2 rings (SSSR count). The summed E-state index contributed by atoms with van der Waals surface area (Å²) in [5.41, 5.74) is 4.07. The van der Waals surface area contributed by atoms with Crippen molar-refractivity contribution < 1.29 is 0 Å². The lowest BCUT2D eigenvalue weighted by Gasteiger charge is -2.15. The fourth-order valence-corrected chi connectivity index (χ4v) is 2.44. The van der Waals surface area contributed by atoms with Crippen molar-refractivity contribution in [2.75, 3.05) is 5.32 Å². The fraction of sp³-hybridized carbons (Fsp3) is 0.368. The summed E-state index contributed by atoms with van der Waals surface area (Å²) in [7, 11) is 0. The molecule has 0 heterocycles. The molecule has 2 aromatic carbocycles. The standard InChI is InChI=1S/C19H25N/c1-3-7-17-12-14-19(15-13-17)20-16(2)10-11-18-8-5-4-6-9-18/h4-6,8-9,12-16,20H,3,7,10-11H2,1-2H3. The summed E-state index contributed by atoms with van der Waals surface area (Å²) < 4.78 is 0. The Hall–Kier alpha value is -1.76. The van der Waals surface area contributed by atoms with Gasteiger partial charge < -0.3 is 5.32 Å². The molecule has 106 valence electrons. The molecule has 0 radical (unpaired) electrons. The van der Waals surface area contributed by atoms with Gasteiger partial charge in [0.05, 0.1) is 0 Å². The Balaban J connectivity index is 1.80. The van der Waals surface area contributed by atoms with E-state index in [-0.39, 0.29) is 0 Å². The van der Waals surface area contributed by atoms with Gasteiger partial charge in [0.2, 0.25) is 0 Å². The van der Waals surface area contributed by atoms with Crippen molar-refractivity contribution in [3.05, 3.63) is 65.7 Å². The lowest BCUT2D eigenvalue weighted by molar-refractivity contribution is 0.706. The summed E-state index contributed by atoms with van der Waals surface area (Å²) in [5, 5.41) is 3.58. The van der Waals surface area contributed by atoms with Crippen LogP contribution < -0.4 is 5.32 Å². The number of aryl methyl sites for hydroxylation is 2. The smallest absolute Gasteiger partial charge is 0.0342 e. The molecule has 0 aliphatic rings. The number of benzene rings is 2. The zero-order valence-electron chi connectivity index (χ0n) is 12.6. The third-order valence-corrected chi connectivity index (χ3v) is 3.61. The molecule has 0 fully saturated rings. The molecule has 20 heavy (non-hydrogen) atoms. The van der Waals surface area contributed by atoms with Gasteiger partial charge in [-0.05, 0) is 49.4 Å². The van der Waals surface area contributed by atoms with Gasteiger partial charge in [0.1, 0.15) is 0 Å². The van der Waals surface area contributed by atoms with Crippen molar-refractivity contribution in [2.45, 2.75) is 45.6 Å². The van der Waals surface area contributed by atoms with Gasteiger partial charge >= 0.3 is 0 Å². The number of anilines is 1.